The zero-order chi connectivity index (χ0) is 22.3. The summed E-state index contributed by atoms with van der Waals surface area (Å²) in [5, 5.41) is 30.9. The highest BCUT2D eigenvalue weighted by atomic mass is 32.2. The molecule has 3 aromatic rings. The predicted molar refractivity (Wildman–Crippen MR) is 106 cm³/mol. The van der Waals surface area contributed by atoms with Crippen molar-refractivity contribution >= 4 is 32.7 Å². The number of hydrogen-bond donors (Lipinski definition) is 3. The van der Waals surface area contributed by atoms with Crippen molar-refractivity contribution in [3.05, 3.63) is 52.6 Å². The summed E-state index contributed by atoms with van der Waals surface area (Å²) in [6.45, 7) is 1.61. The summed E-state index contributed by atoms with van der Waals surface area (Å²) in [5.41, 5.74) is 0.528. The summed E-state index contributed by atoms with van der Waals surface area (Å²) in [6, 6.07) is 5.15. The lowest BCUT2D eigenvalue weighted by Gasteiger charge is -2.16. The number of benzene rings is 1. The maximum absolute atomic E-state index is 12.6. The van der Waals surface area contributed by atoms with E-state index in [1.54, 1.807) is 6.92 Å². The molecule has 0 saturated carbocycles. The topological polar surface area (TPSA) is 183 Å². The van der Waals surface area contributed by atoms with Crippen LogP contribution in [0.3, 0.4) is 0 Å². The summed E-state index contributed by atoms with van der Waals surface area (Å²) in [7, 11) is -3.93. The van der Waals surface area contributed by atoms with Crippen molar-refractivity contribution < 1.29 is 28.3 Å². The second kappa shape index (κ2) is 7.81. The maximum Gasteiger partial charge on any atom is 0.269 e. The van der Waals surface area contributed by atoms with Crippen LogP contribution in [0.1, 0.15) is 18.7 Å². The molecular formula is C17H18N6O7S. The molecule has 0 amide bonds. The number of anilines is 1. The van der Waals surface area contributed by atoms with E-state index in [-0.39, 0.29) is 22.7 Å². The molecule has 1 saturated heterocycles. The van der Waals surface area contributed by atoms with E-state index in [2.05, 4.69) is 19.7 Å². The molecule has 1 aromatic carbocycles. The van der Waals surface area contributed by atoms with Gasteiger partial charge in [-0.3, -0.25) is 19.4 Å². The molecule has 0 radical (unpaired) electrons. The fourth-order valence-electron chi connectivity index (χ4n) is 3.29. The van der Waals surface area contributed by atoms with Gasteiger partial charge in [0.1, 0.15) is 18.5 Å². The van der Waals surface area contributed by atoms with Gasteiger partial charge in [0.15, 0.2) is 23.2 Å². The Balaban J connectivity index is 1.59. The molecule has 3 N–H and O–H groups in total. The molecule has 0 unspecified atom stereocenters. The Morgan fingerprint density at radius 1 is 1.19 bits per heavy atom. The summed E-state index contributed by atoms with van der Waals surface area (Å²) >= 11 is 0. The van der Waals surface area contributed by atoms with Gasteiger partial charge in [0.25, 0.3) is 5.69 Å². The molecule has 0 spiro atoms. The highest BCUT2D eigenvalue weighted by Crippen LogP contribution is 2.32. The van der Waals surface area contributed by atoms with Crippen molar-refractivity contribution in [1.29, 1.82) is 0 Å². The summed E-state index contributed by atoms with van der Waals surface area (Å²) in [4.78, 5) is 22.3. The highest BCUT2D eigenvalue weighted by Gasteiger charge is 2.42. The van der Waals surface area contributed by atoms with Crippen molar-refractivity contribution in [2.24, 2.45) is 0 Å². The van der Waals surface area contributed by atoms with E-state index in [4.69, 9.17) is 4.74 Å². The van der Waals surface area contributed by atoms with E-state index >= 15 is 0 Å². The van der Waals surface area contributed by atoms with Crippen molar-refractivity contribution in [1.82, 2.24) is 19.5 Å². The smallest absolute Gasteiger partial charge is 0.269 e. The van der Waals surface area contributed by atoms with Crippen LogP contribution in [0.15, 0.2) is 36.9 Å². The Labute approximate surface area is 175 Å². The van der Waals surface area contributed by atoms with Crippen LogP contribution in [0.2, 0.25) is 0 Å². The number of nitrogens with one attached hydrogen (secondary N) is 1. The molecule has 1 aliphatic rings. The lowest BCUT2D eigenvalue weighted by Crippen LogP contribution is -2.30. The average Bonchev–Trinajstić information content (AvgIpc) is 3.25. The molecule has 0 bridgehead atoms. The number of nitro groups is 1. The van der Waals surface area contributed by atoms with Gasteiger partial charge in [0.2, 0.25) is 10.0 Å². The van der Waals surface area contributed by atoms with Crippen LogP contribution in [0.4, 0.5) is 11.5 Å². The third-order valence-electron chi connectivity index (χ3n) is 4.87. The number of hydrogen-bond acceptors (Lipinski definition) is 10. The minimum atomic E-state index is -3.93. The molecule has 14 heteroatoms. The van der Waals surface area contributed by atoms with Gasteiger partial charge in [0, 0.05) is 12.1 Å². The van der Waals surface area contributed by atoms with Gasteiger partial charge >= 0.3 is 0 Å². The highest BCUT2D eigenvalue weighted by molar-refractivity contribution is 7.91. The first-order chi connectivity index (χ1) is 14.7. The lowest BCUT2D eigenvalue weighted by molar-refractivity contribution is -0.384. The van der Waals surface area contributed by atoms with E-state index in [0.717, 1.165) is 6.33 Å². The van der Waals surface area contributed by atoms with Crippen LogP contribution in [-0.2, 0) is 20.5 Å². The predicted octanol–water partition coefficient (Wildman–Crippen LogP) is 0.315. The number of nitro benzene ring substituents is 1. The minimum Gasteiger partial charge on any atom is -0.388 e. The molecule has 13 nitrogen and oxygen atoms in total. The number of aromatic nitrogens is 4. The number of non-ortho nitro benzene ring substituents is 1. The van der Waals surface area contributed by atoms with Gasteiger partial charge in [-0.2, -0.15) is 0 Å². The number of imidazole rings is 1. The molecule has 4 atom stereocenters. The maximum atomic E-state index is 12.6. The molecular weight excluding hydrogens is 432 g/mol. The number of ether oxygens (including phenoxy) is 1. The van der Waals surface area contributed by atoms with Crippen molar-refractivity contribution in [3.63, 3.8) is 0 Å². The van der Waals surface area contributed by atoms with E-state index in [9.17, 15) is 28.7 Å². The van der Waals surface area contributed by atoms with Crippen molar-refractivity contribution in [2.45, 2.75) is 37.2 Å². The van der Waals surface area contributed by atoms with Gasteiger partial charge in [-0.05, 0) is 12.5 Å². The summed E-state index contributed by atoms with van der Waals surface area (Å²) < 4.78 is 34.5. The quantitative estimate of drug-likeness (QED) is 0.349. The van der Waals surface area contributed by atoms with E-state index in [0.29, 0.717) is 5.56 Å². The summed E-state index contributed by atoms with van der Waals surface area (Å²) in [6.07, 6.45) is -1.43. The molecule has 1 aliphatic heterocycles. The number of aliphatic hydroxyl groups excluding tert-OH is 2. The van der Waals surface area contributed by atoms with E-state index in [1.165, 1.54) is 35.2 Å². The second-order valence-electron chi connectivity index (χ2n) is 7.04. The van der Waals surface area contributed by atoms with Crippen LogP contribution in [-0.4, -0.2) is 61.4 Å². The molecule has 2 aromatic heterocycles. The number of rotatable bonds is 6. The third kappa shape index (κ3) is 4.05. The average molecular weight is 450 g/mol. The Hall–Kier alpha value is -3.20. The fraction of sp³-hybridized carbons (Fsp3) is 0.353. The molecule has 164 valence electrons. The number of nitrogens with zero attached hydrogens (tertiary/aromatic N) is 5. The largest absolute Gasteiger partial charge is 0.388 e. The van der Waals surface area contributed by atoms with Gasteiger partial charge in [-0.1, -0.05) is 12.1 Å². The monoisotopic (exact) mass is 450 g/mol. The van der Waals surface area contributed by atoms with E-state index < -0.39 is 45.2 Å². The van der Waals surface area contributed by atoms with Gasteiger partial charge in [-0.25, -0.2) is 23.4 Å². The van der Waals surface area contributed by atoms with E-state index in [1.807, 2.05) is 0 Å². The first-order valence-corrected chi connectivity index (χ1v) is 10.7. The van der Waals surface area contributed by atoms with Crippen LogP contribution in [0, 0.1) is 10.1 Å². The number of sulfonamides is 1. The standard InChI is InChI=1S/C17H18N6O7S/c1-9-13(24)14(25)17(30-9)22-8-20-12-15(18-7-19-16(12)22)21-31(28,29)6-10-2-4-11(5-3-10)23(26)27/h2-5,7-9,13-14,17,24-25H,6H2,1H3,(H,18,19,21)/t9-,13-,14-,17-/m1/s1. The first-order valence-electron chi connectivity index (χ1n) is 9.09. The number of fused-ring (bicyclic) bond motifs is 1. The minimum absolute atomic E-state index is 0.0771. The molecule has 1 fully saturated rings. The summed E-state index contributed by atoms with van der Waals surface area (Å²) in [5.74, 6) is -0.516. The molecule has 0 aliphatic carbocycles. The Bertz CT molecular complexity index is 1230. The molecule has 4 rings (SSSR count). The fourth-order valence-corrected chi connectivity index (χ4v) is 4.43. The molecule has 31 heavy (non-hydrogen) atoms. The van der Waals surface area contributed by atoms with Crippen LogP contribution in [0.5, 0.6) is 0 Å². The van der Waals surface area contributed by atoms with Gasteiger partial charge < -0.3 is 14.9 Å². The Morgan fingerprint density at radius 2 is 1.90 bits per heavy atom. The van der Waals surface area contributed by atoms with Crippen LogP contribution >= 0.6 is 0 Å². The second-order valence-corrected chi connectivity index (χ2v) is 8.77. The lowest BCUT2D eigenvalue weighted by atomic mass is 10.1. The SMILES string of the molecule is C[C@H]1O[C@@H](n2cnc3c(NS(=O)(=O)Cc4ccc([N+](=O)[O-])cc4)ncnc32)[C@H](O)[C@@H]1O. The Kier molecular flexibility index (Phi) is 5.30. The van der Waals surface area contributed by atoms with Crippen LogP contribution < -0.4 is 4.72 Å². The normalized spacial score (nSPS) is 23.8. The van der Waals surface area contributed by atoms with Gasteiger partial charge in [-0.15, -0.1) is 0 Å². The first kappa shape index (κ1) is 21.0. The third-order valence-corrected chi connectivity index (χ3v) is 6.08. The Morgan fingerprint density at radius 3 is 2.52 bits per heavy atom. The zero-order valence-corrected chi connectivity index (χ0v) is 16.9. The van der Waals surface area contributed by atoms with Crippen LogP contribution in [0.25, 0.3) is 11.2 Å². The van der Waals surface area contributed by atoms with Crippen molar-refractivity contribution in [3.8, 4) is 0 Å². The van der Waals surface area contributed by atoms with Crippen molar-refractivity contribution in [2.75, 3.05) is 4.72 Å². The van der Waals surface area contributed by atoms with Gasteiger partial charge in [0.05, 0.1) is 23.1 Å². The zero-order valence-electron chi connectivity index (χ0n) is 16.1. The number of aliphatic hydroxyl groups is 2. The molecule has 3 heterocycles.